The van der Waals surface area contributed by atoms with E-state index in [2.05, 4.69) is 16.6 Å². The lowest BCUT2D eigenvalue weighted by Crippen LogP contribution is -2.40. The molecule has 0 aromatic heterocycles. The van der Waals surface area contributed by atoms with Gasteiger partial charge in [0.2, 0.25) is 0 Å². The lowest BCUT2D eigenvalue weighted by molar-refractivity contribution is -0.145. The number of hydrogen-bond donors (Lipinski definition) is 0. The quantitative estimate of drug-likeness (QED) is 0.704. The van der Waals surface area contributed by atoms with E-state index in [0.29, 0.717) is 12.5 Å². The van der Waals surface area contributed by atoms with Crippen molar-refractivity contribution in [3.05, 3.63) is 0 Å². The van der Waals surface area contributed by atoms with Crippen LogP contribution in [0.1, 0.15) is 26.2 Å². The molecule has 5 heteroatoms. The van der Waals surface area contributed by atoms with Gasteiger partial charge in [-0.25, -0.2) is 0 Å². The van der Waals surface area contributed by atoms with Crippen LogP contribution in [-0.2, 0) is 19.0 Å². The Morgan fingerprint density at radius 1 is 1.50 bits per heavy atom. The molecule has 0 amide bonds. The molecule has 3 unspecified atom stereocenters. The third-order valence-corrected chi connectivity index (χ3v) is 3.77. The van der Waals surface area contributed by atoms with Crippen LogP contribution in [0.4, 0.5) is 0 Å². The standard InChI is InChI=1S/C13H23NO4/c1-3-14-6-4-5-10(8-14)13-17-9-11(18-13)7-12(15)16-2/h10-11,13H,3-9H2,1-2H3. The Hall–Kier alpha value is -0.650. The maximum atomic E-state index is 11.2. The van der Waals surface area contributed by atoms with Crippen molar-refractivity contribution in [1.82, 2.24) is 4.90 Å². The van der Waals surface area contributed by atoms with E-state index >= 15 is 0 Å². The van der Waals surface area contributed by atoms with E-state index < -0.39 is 0 Å². The molecule has 2 saturated heterocycles. The van der Waals surface area contributed by atoms with E-state index in [4.69, 9.17) is 9.47 Å². The molecule has 0 N–H and O–H groups in total. The second-order valence-corrected chi connectivity index (χ2v) is 5.04. The van der Waals surface area contributed by atoms with Crippen molar-refractivity contribution in [2.45, 2.75) is 38.6 Å². The average molecular weight is 257 g/mol. The third-order valence-electron chi connectivity index (χ3n) is 3.77. The molecular formula is C13H23NO4. The number of ether oxygens (including phenoxy) is 3. The molecule has 2 aliphatic heterocycles. The number of piperidine rings is 1. The zero-order valence-electron chi connectivity index (χ0n) is 11.3. The van der Waals surface area contributed by atoms with Crippen LogP contribution >= 0.6 is 0 Å². The summed E-state index contributed by atoms with van der Waals surface area (Å²) in [4.78, 5) is 13.6. The smallest absolute Gasteiger partial charge is 0.308 e. The van der Waals surface area contributed by atoms with Gasteiger partial charge in [-0.3, -0.25) is 4.79 Å². The van der Waals surface area contributed by atoms with Crippen LogP contribution in [0, 0.1) is 5.92 Å². The molecule has 0 spiro atoms. The van der Waals surface area contributed by atoms with E-state index in [-0.39, 0.29) is 24.8 Å². The first-order valence-corrected chi connectivity index (χ1v) is 6.79. The summed E-state index contributed by atoms with van der Waals surface area (Å²) in [6.45, 7) is 5.97. The number of rotatable bonds is 4. The fraction of sp³-hybridized carbons (Fsp3) is 0.923. The highest BCUT2D eigenvalue weighted by Crippen LogP contribution is 2.27. The minimum Gasteiger partial charge on any atom is -0.469 e. The molecule has 2 rings (SSSR count). The third kappa shape index (κ3) is 3.43. The Morgan fingerprint density at radius 3 is 3.06 bits per heavy atom. The molecule has 0 radical (unpaired) electrons. The summed E-state index contributed by atoms with van der Waals surface area (Å²) in [5, 5.41) is 0. The lowest BCUT2D eigenvalue weighted by Gasteiger charge is -2.34. The highest BCUT2D eigenvalue weighted by atomic mass is 16.7. The van der Waals surface area contributed by atoms with Crippen molar-refractivity contribution in [2.75, 3.05) is 33.4 Å². The number of carbonyl (C=O) groups is 1. The van der Waals surface area contributed by atoms with E-state index in [1.807, 2.05) is 0 Å². The zero-order valence-corrected chi connectivity index (χ0v) is 11.3. The number of hydrogen-bond acceptors (Lipinski definition) is 5. The number of nitrogens with zero attached hydrogens (tertiary/aromatic N) is 1. The van der Waals surface area contributed by atoms with Crippen LogP contribution in [0.3, 0.4) is 0 Å². The van der Waals surface area contributed by atoms with Gasteiger partial charge in [0.25, 0.3) is 0 Å². The fourth-order valence-corrected chi connectivity index (χ4v) is 2.69. The second kappa shape index (κ2) is 6.50. The zero-order chi connectivity index (χ0) is 13.0. The van der Waals surface area contributed by atoms with E-state index in [1.165, 1.54) is 20.1 Å². The highest BCUT2D eigenvalue weighted by Gasteiger charge is 2.35. The molecule has 5 nitrogen and oxygen atoms in total. The summed E-state index contributed by atoms with van der Waals surface area (Å²) in [6.07, 6.45) is 2.35. The summed E-state index contributed by atoms with van der Waals surface area (Å²) < 4.78 is 16.1. The molecule has 0 aromatic rings. The lowest BCUT2D eigenvalue weighted by atomic mass is 9.97. The van der Waals surface area contributed by atoms with Gasteiger partial charge < -0.3 is 19.1 Å². The Labute approximate surface area is 108 Å². The van der Waals surface area contributed by atoms with Gasteiger partial charge in [-0.15, -0.1) is 0 Å². The topological polar surface area (TPSA) is 48.0 Å². The molecular weight excluding hydrogens is 234 g/mol. The Bertz CT molecular complexity index is 284. The van der Waals surface area contributed by atoms with Gasteiger partial charge in [0.05, 0.1) is 26.2 Å². The number of carbonyl (C=O) groups excluding carboxylic acids is 1. The van der Waals surface area contributed by atoms with Crippen LogP contribution in [0.25, 0.3) is 0 Å². The van der Waals surface area contributed by atoms with E-state index in [1.54, 1.807) is 0 Å². The summed E-state index contributed by atoms with van der Waals surface area (Å²) in [5.41, 5.74) is 0. The first-order chi connectivity index (χ1) is 8.72. The van der Waals surface area contributed by atoms with Gasteiger partial charge in [-0.05, 0) is 25.9 Å². The molecule has 0 saturated carbocycles. The summed E-state index contributed by atoms with van der Waals surface area (Å²) in [7, 11) is 1.40. The van der Waals surface area contributed by atoms with Crippen LogP contribution in [0.15, 0.2) is 0 Å². The SMILES string of the molecule is CCN1CCCC(C2OCC(CC(=O)OC)O2)C1. The molecule has 104 valence electrons. The number of methoxy groups -OCH3 is 1. The van der Waals surface area contributed by atoms with Gasteiger partial charge in [0.1, 0.15) is 0 Å². The monoisotopic (exact) mass is 257 g/mol. The maximum Gasteiger partial charge on any atom is 0.308 e. The summed E-state index contributed by atoms with van der Waals surface area (Å²) in [5.74, 6) is 0.199. The van der Waals surface area contributed by atoms with Gasteiger partial charge in [-0.1, -0.05) is 6.92 Å². The van der Waals surface area contributed by atoms with Crippen LogP contribution < -0.4 is 0 Å². The maximum absolute atomic E-state index is 11.2. The first kappa shape index (κ1) is 13.8. The summed E-state index contributed by atoms with van der Waals surface area (Å²) in [6, 6.07) is 0. The number of esters is 1. The second-order valence-electron chi connectivity index (χ2n) is 5.04. The number of likely N-dealkylation sites (tertiary alicyclic amines) is 1. The normalized spacial score (nSPS) is 33.6. The first-order valence-electron chi connectivity index (χ1n) is 6.79. The van der Waals surface area contributed by atoms with Crippen molar-refractivity contribution < 1.29 is 19.0 Å². The van der Waals surface area contributed by atoms with E-state index in [0.717, 1.165) is 19.5 Å². The molecule has 0 aromatic carbocycles. The van der Waals surface area contributed by atoms with Gasteiger partial charge >= 0.3 is 5.97 Å². The van der Waals surface area contributed by atoms with Crippen molar-refractivity contribution in [1.29, 1.82) is 0 Å². The van der Waals surface area contributed by atoms with Crippen molar-refractivity contribution >= 4 is 5.97 Å². The van der Waals surface area contributed by atoms with Crippen molar-refractivity contribution in [2.24, 2.45) is 5.92 Å². The van der Waals surface area contributed by atoms with Crippen LogP contribution in [0.5, 0.6) is 0 Å². The van der Waals surface area contributed by atoms with Gasteiger partial charge in [-0.2, -0.15) is 0 Å². The molecule has 3 atom stereocenters. The predicted molar refractivity (Wildman–Crippen MR) is 66.1 cm³/mol. The molecule has 18 heavy (non-hydrogen) atoms. The van der Waals surface area contributed by atoms with Gasteiger partial charge in [0.15, 0.2) is 6.29 Å². The summed E-state index contributed by atoms with van der Waals surface area (Å²) >= 11 is 0. The molecule has 2 heterocycles. The molecule has 2 fully saturated rings. The minimum absolute atomic E-state index is 0.139. The fourth-order valence-electron chi connectivity index (χ4n) is 2.69. The van der Waals surface area contributed by atoms with Crippen LogP contribution in [-0.4, -0.2) is 56.6 Å². The molecule has 0 bridgehead atoms. The van der Waals surface area contributed by atoms with Gasteiger partial charge in [0, 0.05) is 12.5 Å². The minimum atomic E-state index is -0.233. The highest BCUT2D eigenvalue weighted by molar-refractivity contribution is 5.69. The van der Waals surface area contributed by atoms with Crippen LogP contribution in [0.2, 0.25) is 0 Å². The predicted octanol–water partition coefficient (Wildman–Crippen LogP) is 1.02. The molecule has 2 aliphatic rings. The Morgan fingerprint density at radius 2 is 2.33 bits per heavy atom. The largest absolute Gasteiger partial charge is 0.469 e. The van der Waals surface area contributed by atoms with E-state index in [9.17, 15) is 4.79 Å². The Kier molecular flexibility index (Phi) is 4.97. The van der Waals surface area contributed by atoms with Crippen molar-refractivity contribution in [3.8, 4) is 0 Å². The molecule has 0 aliphatic carbocycles. The van der Waals surface area contributed by atoms with Crippen molar-refractivity contribution in [3.63, 3.8) is 0 Å². The average Bonchev–Trinajstić information content (AvgIpc) is 2.87. The Balaban J connectivity index is 1.79.